The number of nitrogens with one attached hydrogen (secondary N) is 3. The van der Waals surface area contributed by atoms with Crippen LogP contribution in [0.15, 0.2) is 31.0 Å². The molecule has 7 nitrogen and oxygen atoms in total. The van der Waals surface area contributed by atoms with Crippen LogP contribution in [0.3, 0.4) is 0 Å². The minimum Gasteiger partial charge on any atom is -0.330 e. The van der Waals surface area contributed by atoms with Crippen molar-refractivity contribution in [3.05, 3.63) is 31.0 Å². The highest BCUT2D eigenvalue weighted by molar-refractivity contribution is 7.80. The summed E-state index contributed by atoms with van der Waals surface area (Å²) in [4.78, 5) is 4.22. The van der Waals surface area contributed by atoms with Crippen LogP contribution in [-0.4, -0.2) is 20.3 Å². The van der Waals surface area contributed by atoms with Crippen molar-refractivity contribution in [2.45, 2.75) is 0 Å². The molecule has 0 bridgehead atoms. The second-order valence-corrected chi connectivity index (χ2v) is 3.32. The third-order valence-electron chi connectivity index (χ3n) is 1.85. The van der Waals surface area contributed by atoms with Crippen molar-refractivity contribution in [1.82, 2.24) is 20.6 Å². The second kappa shape index (κ2) is 4.64. The highest BCUT2D eigenvalue weighted by Crippen LogP contribution is 2.05. The van der Waals surface area contributed by atoms with E-state index in [1.807, 2.05) is 12.1 Å². The van der Waals surface area contributed by atoms with E-state index in [-0.39, 0.29) is 0 Å². The van der Waals surface area contributed by atoms with Gasteiger partial charge in [-0.25, -0.2) is 5.84 Å². The van der Waals surface area contributed by atoms with Gasteiger partial charge in [-0.3, -0.25) is 0 Å². The van der Waals surface area contributed by atoms with Gasteiger partial charge < -0.3 is 10.7 Å². The van der Waals surface area contributed by atoms with Gasteiger partial charge in [-0.1, -0.05) is 0 Å². The number of aromatic nitrogens is 4. The van der Waals surface area contributed by atoms with Gasteiger partial charge in [-0.15, -0.1) is 4.98 Å². The Morgan fingerprint density at radius 1 is 1.50 bits per heavy atom. The number of nitrogens with zero attached hydrogens (tertiary/aromatic N) is 3. The first-order chi connectivity index (χ1) is 7.79. The fourth-order valence-corrected chi connectivity index (χ4v) is 1.25. The number of hydrazine groups is 1. The van der Waals surface area contributed by atoms with Gasteiger partial charge in [-0.2, -0.15) is 9.67 Å². The zero-order valence-electron chi connectivity index (χ0n) is 8.21. The van der Waals surface area contributed by atoms with E-state index in [0.29, 0.717) is 5.11 Å². The molecule has 0 amide bonds. The summed E-state index contributed by atoms with van der Waals surface area (Å²) in [6.45, 7) is 0. The van der Waals surface area contributed by atoms with Crippen LogP contribution in [0, 0.1) is 0 Å². The molecule has 0 aliphatic heterocycles. The van der Waals surface area contributed by atoms with Crippen molar-refractivity contribution in [3.63, 3.8) is 0 Å². The molecule has 5 N–H and O–H groups in total. The van der Waals surface area contributed by atoms with E-state index in [1.165, 1.54) is 0 Å². The van der Waals surface area contributed by atoms with Gasteiger partial charge in [0, 0.05) is 6.07 Å². The summed E-state index contributed by atoms with van der Waals surface area (Å²) in [5.41, 5.74) is 3.09. The summed E-state index contributed by atoms with van der Waals surface area (Å²) in [5.74, 6) is 5.89. The number of hydrogen-bond acceptors (Lipinski definition) is 4. The van der Waals surface area contributed by atoms with Gasteiger partial charge >= 0.3 is 0 Å². The van der Waals surface area contributed by atoms with Gasteiger partial charge in [0.25, 0.3) is 0 Å². The molecule has 0 unspecified atom stereocenters. The van der Waals surface area contributed by atoms with Crippen molar-refractivity contribution in [2.75, 3.05) is 5.32 Å². The smallest absolute Gasteiger partial charge is 0.236 e. The Morgan fingerprint density at radius 2 is 2.38 bits per heavy atom. The molecule has 2 heterocycles. The van der Waals surface area contributed by atoms with Crippen molar-refractivity contribution < 1.29 is 4.57 Å². The number of aromatic amines is 1. The van der Waals surface area contributed by atoms with Crippen LogP contribution in [0.5, 0.6) is 0 Å². The third-order valence-corrected chi connectivity index (χ3v) is 2.07. The van der Waals surface area contributed by atoms with E-state index in [4.69, 9.17) is 18.1 Å². The molecule has 2 rings (SSSR count). The minimum absolute atomic E-state index is 0.338. The van der Waals surface area contributed by atoms with Crippen molar-refractivity contribution in [1.29, 1.82) is 0 Å². The molecule has 0 saturated carbocycles. The second-order valence-electron chi connectivity index (χ2n) is 2.91. The SMILES string of the molecule is NNC(=S)Nc1ccc(-[n+]2cn[nH]c2)nc1. The van der Waals surface area contributed by atoms with Gasteiger partial charge in [0.2, 0.25) is 12.1 Å². The molecule has 0 aliphatic carbocycles. The highest BCUT2D eigenvalue weighted by Gasteiger charge is 2.04. The van der Waals surface area contributed by atoms with Gasteiger partial charge in [0.1, 0.15) is 6.20 Å². The van der Waals surface area contributed by atoms with Gasteiger partial charge in [0.15, 0.2) is 11.4 Å². The number of nitrogens with two attached hydrogens (primary N) is 1. The number of rotatable bonds is 2. The monoisotopic (exact) mass is 236 g/mol. The molecule has 0 atom stereocenters. The zero-order valence-corrected chi connectivity index (χ0v) is 9.03. The van der Waals surface area contributed by atoms with E-state index in [0.717, 1.165) is 11.5 Å². The van der Waals surface area contributed by atoms with Crippen LogP contribution in [0.1, 0.15) is 0 Å². The highest BCUT2D eigenvalue weighted by atomic mass is 32.1. The maximum Gasteiger partial charge on any atom is 0.236 e. The lowest BCUT2D eigenvalue weighted by Gasteiger charge is -2.04. The summed E-state index contributed by atoms with van der Waals surface area (Å²) in [5, 5.41) is 9.71. The summed E-state index contributed by atoms with van der Waals surface area (Å²) in [6.07, 6.45) is 4.97. The molecule has 0 saturated heterocycles. The van der Waals surface area contributed by atoms with E-state index in [1.54, 1.807) is 23.4 Å². The molecular weight excluding hydrogens is 226 g/mol. The molecule has 2 aromatic rings. The number of thiocarbonyl (C=S) groups is 1. The van der Waals surface area contributed by atoms with Crippen LogP contribution in [0.4, 0.5) is 5.69 Å². The first-order valence-electron chi connectivity index (χ1n) is 4.43. The fourth-order valence-electron chi connectivity index (χ4n) is 1.13. The molecule has 0 aliphatic rings. The number of anilines is 1. The Kier molecular flexibility index (Phi) is 3.03. The normalized spacial score (nSPS) is 9.81. The molecular formula is C8H10N7S+. The number of hydrogen-bond donors (Lipinski definition) is 4. The van der Waals surface area contributed by atoms with E-state index in [9.17, 15) is 0 Å². The van der Waals surface area contributed by atoms with E-state index < -0.39 is 0 Å². The Bertz CT molecular complexity index is 464. The number of pyridine rings is 1. The zero-order chi connectivity index (χ0) is 11.4. The van der Waals surface area contributed by atoms with Crippen LogP contribution in [-0.2, 0) is 0 Å². The minimum atomic E-state index is 0.338. The largest absolute Gasteiger partial charge is 0.330 e. The maximum atomic E-state index is 5.14. The first kappa shape index (κ1) is 10.5. The summed E-state index contributed by atoms with van der Waals surface area (Å²) in [7, 11) is 0. The van der Waals surface area contributed by atoms with Crippen molar-refractivity contribution in [2.24, 2.45) is 5.84 Å². The predicted octanol–water partition coefficient (Wildman–Crippen LogP) is -0.759. The van der Waals surface area contributed by atoms with E-state index in [2.05, 4.69) is 25.9 Å². The average molecular weight is 236 g/mol. The lowest BCUT2D eigenvalue weighted by atomic mass is 10.4. The average Bonchev–Trinajstić information content (AvgIpc) is 2.83. The molecule has 2 aromatic heterocycles. The fraction of sp³-hybridized carbons (Fsp3) is 0. The molecule has 8 heteroatoms. The molecule has 0 spiro atoms. The van der Waals surface area contributed by atoms with Gasteiger partial charge in [0.05, 0.1) is 5.69 Å². The molecule has 16 heavy (non-hydrogen) atoms. The molecule has 82 valence electrons. The molecule has 0 radical (unpaired) electrons. The predicted molar refractivity (Wildman–Crippen MR) is 61.5 cm³/mol. The Labute approximate surface area is 96.7 Å². The standard InChI is InChI=1S/C8H9N7S/c9-14-8(16)13-6-1-2-7(10-3-6)15-4-11-12-5-15/h1-5H,9H2,(H2,13,14,16)/p+1. The summed E-state index contributed by atoms with van der Waals surface area (Å²) >= 11 is 4.85. The van der Waals surface area contributed by atoms with Crippen LogP contribution in [0.25, 0.3) is 5.82 Å². The lowest BCUT2D eigenvalue weighted by molar-refractivity contribution is -0.599. The van der Waals surface area contributed by atoms with Gasteiger partial charge in [-0.05, 0) is 23.4 Å². The Hall–Kier alpha value is -2.06. The first-order valence-corrected chi connectivity index (χ1v) is 4.84. The Morgan fingerprint density at radius 3 is 2.94 bits per heavy atom. The van der Waals surface area contributed by atoms with Crippen LogP contribution in [0.2, 0.25) is 0 Å². The summed E-state index contributed by atoms with van der Waals surface area (Å²) < 4.78 is 1.75. The van der Waals surface area contributed by atoms with E-state index >= 15 is 0 Å². The molecule has 0 fully saturated rings. The maximum absolute atomic E-state index is 5.14. The molecule has 0 aromatic carbocycles. The summed E-state index contributed by atoms with van der Waals surface area (Å²) in [6, 6.07) is 3.67. The lowest BCUT2D eigenvalue weighted by Crippen LogP contribution is -2.34. The third kappa shape index (κ3) is 2.30. The Balaban J connectivity index is 2.14. The van der Waals surface area contributed by atoms with Crippen LogP contribution < -0.4 is 21.2 Å². The van der Waals surface area contributed by atoms with Crippen molar-refractivity contribution in [3.8, 4) is 5.82 Å². The topological polar surface area (TPSA) is 95.5 Å². The number of H-pyrrole nitrogens is 1. The van der Waals surface area contributed by atoms with Crippen LogP contribution >= 0.6 is 12.2 Å². The van der Waals surface area contributed by atoms with Crippen molar-refractivity contribution >= 4 is 23.0 Å². The quantitative estimate of drug-likeness (QED) is 0.237.